The summed E-state index contributed by atoms with van der Waals surface area (Å²) < 4.78 is 5.13. The van der Waals surface area contributed by atoms with Gasteiger partial charge < -0.3 is 9.64 Å². The lowest BCUT2D eigenvalue weighted by molar-refractivity contribution is 0.222. The molecule has 0 aliphatic carbocycles. The van der Waals surface area contributed by atoms with Crippen LogP contribution in [0.3, 0.4) is 0 Å². The summed E-state index contributed by atoms with van der Waals surface area (Å²) in [5, 5.41) is 9.74. The van der Waals surface area contributed by atoms with Crippen LogP contribution in [0.2, 0.25) is 5.02 Å². The Morgan fingerprint density at radius 1 is 1.50 bits per heavy atom. The standard InChI is InChI=1S/C14H15ClN2O/c1-18-10-11-4-6-17(7-5-11)14-3-2-13(15)8-12(14)9-16/h2-4,8H,5-7,10H2,1H3. The fourth-order valence-electron chi connectivity index (χ4n) is 2.12. The van der Waals surface area contributed by atoms with E-state index in [-0.39, 0.29) is 0 Å². The number of hydrogen-bond donors (Lipinski definition) is 0. The number of nitriles is 1. The number of methoxy groups -OCH3 is 1. The number of ether oxygens (including phenoxy) is 1. The Labute approximate surface area is 112 Å². The minimum Gasteiger partial charge on any atom is -0.380 e. The molecule has 0 saturated heterocycles. The number of halogens is 1. The van der Waals surface area contributed by atoms with Crippen LogP contribution in [0.5, 0.6) is 0 Å². The molecular formula is C14H15ClN2O. The summed E-state index contributed by atoms with van der Waals surface area (Å²) in [6, 6.07) is 7.65. The van der Waals surface area contributed by atoms with E-state index < -0.39 is 0 Å². The van der Waals surface area contributed by atoms with Crippen molar-refractivity contribution in [1.29, 1.82) is 5.26 Å². The average Bonchev–Trinajstić information content (AvgIpc) is 2.40. The molecule has 0 spiro atoms. The fraction of sp³-hybridized carbons (Fsp3) is 0.357. The molecule has 0 N–H and O–H groups in total. The van der Waals surface area contributed by atoms with Gasteiger partial charge in [-0.2, -0.15) is 5.26 Å². The summed E-state index contributed by atoms with van der Waals surface area (Å²) in [6.45, 7) is 2.42. The molecule has 1 aromatic carbocycles. The van der Waals surface area contributed by atoms with Crippen molar-refractivity contribution in [2.75, 3.05) is 31.7 Å². The lowest BCUT2D eigenvalue weighted by Gasteiger charge is -2.29. The zero-order valence-electron chi connectivity index (χ0n) is 10.3. The van der Waals surface area contributed by atoms with E-state index in [9.17, 15) is 0 Å². The molecule has 0 amide bonds. The second-order valence-corrected chi connectivity index (χ2v) is 4.70. The summed E-state index contributed by atoms with van der Waals surface area (Å²) in [6.07, 6.45) is 3.14. The molecule has 1 aliphatic heterocycles. The summed E-state index contributed by atoms with van der Waals surface area (Å²) in [4.78, 5) is 2.19. The topological polar surface area (TPSA) is 36.3 Å². The molecule has 0 radical (unpaired) electrons. The third-order valence-corrected chi connectivity index (χ3v) is 3.29. The van der Waals surface area contributed by atoms with E-state index in [1.807, 2.05) is 12.1 Å². The molecule has 4 heteroatoms. The first-order valence-electron chi connectivity index (χ1n) is 5.86. The molecule has 1 heterocycles. The molecule has 0 unspecified atom stereocenters. The monoisotopic (exact) mass is 262 g/mol. The first-order chi connectivity index (χ1) is 8.74. The fourth-order valence-corrected chi connectivity index (χ4v) is 2.29. The molecule has 94 valence electrons. The Kier molecular flexibility index (Phi) is 4.24. The zero-order chi connectivity index (χ0) is 13.0. The molecule has 0 bridgehead atoms. The molecule has 1 aliphatic rings. The Morgan fingerprint density at radius 3 is 2.94 bits per heavy atom. The molecule has 0 atom stereocenters. The van der Waals surface area contributed by atoms with Gasteiger partial charge >= 0.3 is 0 Å². The SMILES string of the molecule is COCC1=CCN(c2ccc(Cl)cc2C#N)CC1. The summed E-state index contributed by atoms with van der Waals surface area (Å²) in [5.74, 6) is 0. The van der Waals surface area contributed by atoms with Crippen LogP contribution in [0.4, 0.5) is 5.69 Å². The van der Waals surface area contributed by atoms with Crippen molar-refractivity contribution < 1.29 is 4.74 Å². The highest BCUT2D eigenvalue weighted by Gasteiger charge is 2.15. The van der Waals surface area contributed by atoms with Gasteiger partial charge in [0.25, 0.3) is 0 Å². The average molecular weight is 263 g/mol. The van der Waals surface area contributed by atoms with E-state index >= 15 is 0 Å². The molecule has 0 fully saturated rings. The van der Waals surface area contributed by atoms with Crippen LogP contribution in [0.15, 0.2) is 29.8 Å². The Morgan fingerprint density at radius 2 is 2.33 bits per heavy atom. The van der Waals surface area contributed by atoms with E-state index in [1.54, 1.807) is 13.2 Å². The normalized spacial score (nSPS) is 15.2. The molecule has 3 nitrogen and oxygen atoms in total. The highest BCUT2D eigenvalue weighted by atomic mass is 35.5. The minimum atomic E-state index is 0.600. The highest BCUT2D eigenvalue weighted by Crippen LogP contribution is 2.26. The summed E-state index contributed by atoms with van der Waals surface area (Å²) in [7, 11) is 1.71. The molecule has 1 aromatic rings. The van der Waals surface area contributed by atoms with Crippen LogP contribution in [0.25, 0.3) is 0 Å². The maximum Gasteiger partial charge on any atom is 0.101 e. The second-order valence-electron chi connectivity index (χ2n) is 4.26. The molecule has 2 rings (SSSR count). The van der Waals surface area contributed by atoms with E-state index in [0.717, 1.165) is 25.2 Å². The van der Waals surface area contributed by atoms with E-state index in [2.05, 4.69) is 17.0 Å². The number of hydrogen-bond acceptors (Lipinski definition) is 3. The Bertz CT molecular complexity index is 505. The van der Waals surface area contributed by atoms with Crippen LogP contribution >= 0.6 is 11.6 Å². The predicted octanol–water partition coefficient (Wildman–Crippen LogP) is 2.99. The van der Waals surface area contributed by atoms with Crippen molar-refractivity contribution in [3.8, 4) is 6.07 Å². The number of benzene rings is 1. The van der Waals surface area contributed by atoms with Gasteiger partial charge in [-0.05, 0) is 30.2 Å². The molecule has 0 aromatic heterocycles. The van der Waals surface area contributed by atoms with E-state index in [1.165, 1.54) is 5.57 Å². The van der Waals surface area contributed by atoms with Crippen LogP contribution in [0.1, 0.15) is 12.0 Å². The van der Waals surface area contributed by atoms with Crippen molar-refractivity contribution in [3.05, 3.63) is 40.4 Å². The van der Waals surface area contributed by atoms with E-state index in [0.29, 0.717) is 17.2 Å². The first-order valence-corrected chi connectivity index (χ1v) is 6.24. The zero-order valence-corrected chi connectivity index (χ0v) is 11.1. The van der Waals surface area contributed by atoms with Gasteiger partial charge in [0.15, 0.2) is 0 Å². The van der Waals surface area contributed by atoms with Gasteiger partial charge in [0, 0.05) is 25.2 Å². The maximum atomic E-state index is 9.14. The third-order valence-electron chi connectivity index (χ3n) is 3.05. The second kappa shape index (κ2) is 5.90. The van der Waals surface area contributed by atoms with Gasteiger partial charge in [0.2, 0.25) is 0 Å². The third kappa shape index (κ3) is 2.84. The van der Waals surface area contributed by atoms with Gasteiger partial charge in [0.1, 0.15) is 6.07 Å². The lowest BCUT2D eigenvalue weighted by Crippen LogP contribution is -2.29. The number of anilines is 1. The minimum absolute atomic E-state index is 0.600. The van der Waals surface area contributed by atoms with Crippen LogP contribution < -0.4 is 4.90 Å². The first kappa shape index (κ1) is 12.9. The number of rotatable bonds is 3. The van der Waals surface area contributed by atoms with Crippen LogP contribution in [-0.4, -0.2) is 26.8 Å². The molecule has 0 saturated carbocycles. The molecule has 18 heavy (non-hydrogen) atoms. The van der Waals surface area contributed by atoms with Gasteiger partial charge in [-0.15, -0.1) is 0 Å². The van der Waals surface area contributed by atoms with Gasteiger partial charge in [0.05, 0.1) is 17.9 Å². The van der Waals surface area contributed by atoms with Crippen LogP contribution in [0, 0.1) is 11.3 Å². The Hall–Kier alpha value is -1.50. The van der Waals surface area contributed by atoms with Gasteiger partial charge in [-0.3, -0.25) is 0 Å². The van der Waals surface area contributed by atoms with Crippen molar-refractivity contribution in [3.63, 3.8) is 0 Å². The quantitative estimate of drug-likeness (QED) is 0.786. The lowest BCUT2D eigenvalue weighted by atomic mass is 10.1. The van der Waals surface area contributed by atoms with E-state index in [4.69, 9.17) is 21.6 Å². The van der Waals surface area contributed by atoms with Crippen molar-refractivity contribution in [1.82, 2.24) is 0 Å². The van der Waals surface area contributed by atoms with Crippen molar-refractivity contribution in [2.24, 2.45) is 0 Å². The van der Waals surface area contributed by atoms with Crippen LogP contribution in [-0.2, 0) is 4.74 Å². The summed E-state index contributed by atoms with van der Waals surface area (Å²) in [5.41, 5.74) is 2.90. The highest BCUT2D eigenvalue weighted by molar-refractivity contribution is 6.30. The smallest absolute Gasteiger partial charge is 0.101 e. The maximum absolute atomic E-state index is 9.14. The van der Waals surface area contributed by atoms with Crippen molar-refractivity contribution >= 4 is 17.3 Å². The molecular weight excluding hydrogens is 248 g/mol. The Balaban J connectivity index is 2.17. The largest absolute Gasteiger partial charge is 0.380 e. The van der Waals surface area contributed by atoms with Crippen molar-refractivity contribution in [2.45, 2.75) is 6.42 Å². The summed E-state index contributed by atoms with van der Waals surface area (Å²) >= 11 is 5.90. The van der Waals surface area contributed by atoms with Gasteiger partial charge in [-0.1, -0.05) is 17.7 Å². The predicted molar refractivity (Wildman–Crippen MR) is 73.0 cm³/mol. The number of nitrogens with zero attached hydrogens (tertiary/aromatic N) is 2. The van der Waals surface area contributed by atoms with Gasteiger partial charge in [-0.25, -0.2) is 0 Å².